The number of thioether (sulfide) groups is 1. The number of hydrogen-bond acceptors (Lipinski definition) is 9. The van der Waals surface area contributed by atoms with Gasteiger partial charge in [-0.25, -0.2) is 0 Å². The van der Waals surface area contributed by atoms with E-state index in [4.69, 9.17) is 27.9 Å². The Hall–Kier alpha value is -2.61. The number of aromatic hydroxyl groups is 1. The Morgan fingerprint density at radius 2 is 1.83 bits per heavy atom. The number of anilines is 1. The van der Waals surface area contributed by atoms with Crippen molar-refractivity contribution in [1.82, 2.24) is 10.2 Å². The van der Waals surface area contributed by atoms with E-state index in [1.165, 1.54) is 29.8 Å². The average molecular weight is 758 g/mol. The number of aliphatic hydroxyl groups is 1. The summed E-state index contributed by atoms with van der Waals surface area (Å²) in [5, 5.41) is 31.3. The largest absolute Gasteiger partial charge is 0.507 e. The van der Waals surface area contributed by atoms with E-state index < -0.39 is 17.7 Å². The topological polar surface area (TPSA) is 113 Å². The fourth-order valence-electron chi connectivity index (χ4n) is 4.15. The van der Waals surface area contributed by atoms with Crippen LogP contribution in [0.2, 0.25) is 10.0 Å². The molecule has 1 atom stereocenters. The lowest BCUT2D eigenvalue weighted by Gasteiger charge is -2.23. The summed E-state index contributed by atoms with van der Waals surface area (Å²) in [4.78, 5) is 28.1. The molecule has 1 aliphatic heterocycles. The second-order valence-electron chi connectivity index (χ2n) is 8.60. The number of phenolic OH excluding ortho intramolecular Hbond substituents is 1. The summed E-state index contributed by atoms with van der Waals surface area (Å²) < 4.78 is 6.89. The van der Waals surface area contributed by atoms with Gasteiger partial charge in [0.2, 0.25) is 5.13 Å². The van der Waals surface area contributed by atoms with Gasteiger partial charge in [-0.15, -0.1) is 10.2 Å². The number of nitrogens with zero attached hydrogens (tertiary/aromatic N) is 3. The van der Waals surface area contributed by atoms with Gasteiger partial charge in [0.25, 0.3) is 5.78 Å². The van der Waals surface area contributed by atoms with Gasteiger partial charge in [0.05, 0.1) is 23.2 Å². The number of hydrogen-bond donors (Lipinski definition) is 2. The number of ketones is 1. The maximum atomic E-state index is 13.5. The predicted octanol–water partition coefficient (Wildman–Crippen LogP) is 8.00. The number of methoxy groups -OCH3 is 1. The smallest absolute Gasteiger partial charge is 0.301 e. The zero-order valence-electron chi connectivity index (χ0n) is 20.8. The maximum absolute atomic E-state index is 13.5. The van der Waals surface area contributed by atoms with Crippen molar-refractivity contribution in [1.29, 1.82) is 0 Å². The van der Waals surface area contributed by atoms with Crippen LogP contribution < -0.4 is 9.64 Å². The van der Waals surface area contributed by atoms with Gasteiger partial charge in [-0.2, -0.15) is 0 Å². The number of halogens is 4. The molecule has 1 amide bonds. The van der Waals surface area contributed by atoms with E-state index >= 15 is 0 Å². The Kier molecular flexibility index (Phi) is 8.98. The van der Waals surface area contributed by atoms with E-state index in [2.05, 4.69) is 42.1 Å². The zero-order chi connectivity index (χ0) is 29.4. The molecule has 1 aliphatic rings. The van der Waals surface area contributed by atoms with Crippen molar-refractivity contribution in [2.75, 3.05) is 12.0 Å². The first-order valence-electron chi connectivity index (χ1n) is 11.6. The van der Waals surface area contributed by atoms with Crippen LogP contribution in [0.5, 0.6) is 11.5 Å². The van der Waals surface area contributed by atoms with E-state index in [9.17, 15) is 19.8 Å². The second kappa shape index (κ2) is 12.3. The number of phenols is 1. The molecule has 2 heterocycles. The second-order valence-corrected chi connectivity index (χ2v) is 13.4. The molecular weight excluding hydrogens is 741 g/mol. The summed E-state index contributed by atoms with van der Waals surface area (Å²) in [6, 6.07) is 13.8. The number of aliphatic hydroxyl groups excluding tert-OH is 1. The Balaban J connectivity index is 1.58. The number of carbonyl (C=O) groups is 2. The fraction of sp³-hybridized carbons (Fsp3) is 0.111. The monoisotopic (exact) mass is 755 g/mol. The lowest BCUT2D eigenvalue weighted by atomic mass is 9.95. The molecule has 5 rings (SSSR count). The summed E-state index contributed by atoms with van der Waals surface area (Å²) in [7, 11) is 1.38. The standard InChI is InChI=1S/C27H17Br2Cl2N3O5S2/c1-39-19-9-14(8-17(29)23(19)36)21-20(22(35)12-2-5-15(28)6-3-12)24(37)25(38)34(21)26-32-33-27(41-26)40-11-13-4-7-16(30)10-18(13)31/h2-10,21,35-36H,11H2,1H3/b22-20-. The summed E-state index contributed by atoms with van der Waals surface area (Å²) in [5.41, 5.74) is 1.43. The third kappa shape index (κ3) is 5.99. The van der Waals surface area contributed by atoms with E-state index in [0.29, 0.717) is 31.3 Å². The van der Waals surface area contributed by atoms with Crippen LogP contribution in [-0.4, -0.2) is 39.2 Å². The number of benzene rings is 3. The predicted molar refractivity (Wildman–Crippen MR) is 167 cm³/mol. The quantitative estimate of drug-likeness (QED) is 0.0642. The molecule has 1 aromatic heterocycles. The van der Waals surface area contributed by atoms with Crippen LogP contribution >= 0.6 is 78.2 Å². The Labute approximate surface area is 269 Å². The van der Waals surface area contributed by atoms with Gasteiger partial charge in [-0.1, -0.05) is 80.4 Å². The summed E-state index contributed by atoms with van der Waals surface area (Å²) >= 11 is 21.4. The molecule has 0 radical (unpaired) electrons. The molecule has 8 nitrogen and oxygen atoms in total. The highest BCUT2D eigenvalue weighted by atomic mass is 79.9. The van der Waals surface area contributed by atoms with Crippen LogP contribution in [0.3, 0.4) is 0 Å². The molecule has 0 spiro atoms. The molecule has 4 aromatic rings. The van der Waals surface area contributed by atoms with Gasteiger partial charge < -0.3 is 14.9 Å². The summed E-state index contributed by atoms with van der Waals surface area (Å²) in [6.07, 6.45) is 0. The third-order valence-electron chi connectivity index (χ3n) is 6.12. The molecule has 0 bridgehead atoms. The van der Waals surface area contributed by atoms with Gasteiger partial charge in [0.1, 0.15) is 5.76 Å². The van der Waals surface area contributed by atoms with Crippen molar-refractivity contribution >= 4 is 101 Å². The van der Waals surface area contributed by atoms with Gasteiger partial charge in [0.15, 0.2) is 15.8 Å². The molecule has 14 heteroatoms. The Morgan fingerprint density at radius 1 is 1.10 bits per heavy atom. The number of Topliss-reactive ketones (excluding diaryl/α,β-unsaturated/α-hetero) is 1. The third-order valence-corrected chi connectivity index (χ3v) is 9.94. The van der Waals surface area contributed by atoms with Crippen molar-refractivity contribution in [2.24, 2.45) is 0 Å². The van der Waals surface area contributed by atoms with Crippen LogP contribution in [0.1, 0.15) is 22.7 Å². The molecular formula is C27H17Br2Cl2N3O5S2. The number of aromatic nitrogens is 2. The van der Waals surface area contributed by atoms with Crippen molar-refractivity contribution in [3.05, 3.63) is 95.9 Å². The van der Waals surface area contributed by atoms with E-state index in [-0.39, 0.29) is 32.4 Å². The summed E-state index contributed by atoms with van der Waals surface area (Å²) in [5.74, 6) is -1.71. The van der Waals surface area contributed by atoms with Gasteiger partial charge in [-0.3, -0.25) is 14.5 Å². The number of ether oxygens (including phenoxy) is 1. The zero-order valence-corrected chi connectivity index (χ0v) is 27.1. The average Bonchev–Trinajstić information content (AvgIpc) is 3.51. The van der Waals surface area contributed by atoms with Crippen LogP contribution in [0.15, 0.2) is 73.5 Å². The maximum Gasteiger partial charge on any atom is 0.301 e. The first-order valence-corrected chi connectivity index (χ1v) is 15.8. The normalized spacial score (nSPS) is 16.4. The Morgan fingerprint density at radius 3 is 2.51 bits per heavy atom. The number of carbonyl (C=O) groups excluding carboxylic acids is 2. The van der Waals surface area contributed by atoms with Gasteiger partial charge >= 0.3 is 5.91 Å². The highest BCUT2D eigenvalue weighted by molar-refractivity contribution is 9.10. The SMILES string of the molecule is COc1cc(C2/C(=C(/O)c3ccc(Br)cc3)C(=O)C(=O)N2c2nnc(SCc3ccc(Cl)cc3Cl)s2)cc(Br)c1O. The van der Waals surface area contributed by atoms with Crippen LogP contribution in [0, 0.1) is 0 Å². The van der Waals surface area contributed by atoms with Crippen LogP contribution in [0.25, 0.3) is 5.76 Å². The number of amides is 1. The summed E-state index contributed by atoms with van der Waals surface area (Å²) in [6.45, 7) is 0. The molecule has 0 saturated carbocycles. The molecule has 41 heavy (non-hydrogen) atoms. The highest BCUT2D eigenvalue weighted by Gasteiger charge is 2.48. The Bertz CT molecular complexity index is 1720. The molecule has 3 aromatic carbocycles. The lowest BCUT2D eigenvalue weighted by molar-refractivity contribution is -0.132. The van der Waals surface area contributed by atoms with Crippen molar-refractivity contribution in [3.8, 4) is 11.5 Å². The molecule has 0 aliphatic carbocycles. The van der Waals surface area contributed by atoms with Crippen LogP contribution in [-0.2, 0) is 15.3 Å². The van der Waals surface area contributed by atoms with Gasteiger partial charge in [0, 0.05) is 25.8 Å². The minimum Gasteiger partial charge on any atom is -0.507 e. The first-order chi connectivity index (χ1) is 19.6. The van der Waals surface area contributed by atoms with Crippen molar-refractivity contribution < 1.29 is 24.5 Å². The highest BCUT2D eigenvalue weighted by Crippen LogP contribution is 2.47. The molecule has 1 saturated heterocycles. The van der Waals surface area contributed by atoms with Crippen molar-refractivity contribution in [3.63, 3.8) is 0 Å². The molecule has 1 fully saturated rings. The molecule has 1 unspecified atom stereocenters. The van der Waals surface area contributed by atoms with Crippen LogP contribution in [0.4, 0.5) is 5.13 Å². The van der Waals surface area contributed by atoms with Crippen molar-refractivity contribution in [2.45, 2.75) is 16.1 Å². The molecule has 210 valence electrons. The minimum atomic E-state index is -1.10. The van der Waals surface area contributed by atoms with E-state index in [0.717, 1.165) is 21.4 Å². The minimum absolute atomic E-state index is 0.108. The van der Waals surface area contributed by atoms with Gasteiger partial charge in [-0.05, 0) is 63.5 Å². The fourth-order valence-corrected chi connectivity index (χ4v) is 7.30. The van der Waals surface area contributed by atoms with E-state index in [1.807, 2.05) is 6.07 Å². The molecule has 2 N–H and O–H groups in total. The van der Waals surface area contributed by atoms with E-state index in [1.54, 1.807) is 42.5 Å². The first kappa shape index (κ1) is 29.9. The lowest BCUT2D eigenvalue weighted by Crippen LogP contribution is -2.29. The number of rotatable bonds is 7.